The number of fused-ring (bicyclic) bond motifs is 2. The van der Waals surface area contributed by atoms with Crippen molar-refractivity contribution in [3.05, 3.63) is 10.6 Å². The molecule has 7 atom stereocenters. The summed E-state index contributed by atoms with van der Waals surface area (Å²) in [5.74, 6) is 0. The van der Waals surface area contributed by atoms with E-state index < -0.39 is 4.33 Å². The van der Waals surface area contributed by atoms with Gasteiger partial charge in [-0.3, -0.25) is 0 Å². The van der Waals surface area contributed by atoms with Crippen molar-refractivity contribution in [2.75, 3.05) is 0 Å². The average Bonchev–Trinajstić information content (AvgIpc) is 3.00. The summed E-state index contributed by atoms with van der Waals surface area (Å²) in [7, 11) is 0.0860. The molecule has 160 valence electrons. The van der Waals surface area contributed by atoms with E-state index in [0.29, 0.717) is 21.7 Å². The maximum atomic E-state index is 4.14. The summed E-state index contributed by atoms with van der Waals surface area (Å²) < 4.78 is -0.0565. The van der Waals surface area contributed by atoms with E-state index in [1.54, 1.807) is 0 Å². The minimum atomic E-state index is -0.839. The van der Waals surface area contributed by atoms with Crippen LogP contribution in [0.4, 0.5) is 0 Å². The van der Waals surface area contributed by atoms with Gasteiger partial charge in [0.15, 0.2) is 0 Å². The Hall–Kier alpha value is 3.45. The third kappa shape index (κ3) is 2.98. The summed E-state index contributed by atoms with van der Waals surface area (Å²) in [5, 5.41) is 5.24. The number of hydrogen-bond donors (Lipinski definition) is 0. The fourth-order valence-electron chi connectivity index (χ4n) is 5.14. The van der Waals surface area contributed by atoms with Crippen LogP contribution in [0.1, 0.15) is 83.1 Å². The standard InChI is InChI=1S/C20H37P5Se3/c1-16(2,3)13-14(17(4,5)6)22-20(19(10,11)12)21(13)23-15(18(7,8)9)25(26,28-22)24(20)27-23/h15H,1-12H3/t15-,20+,21?,22?,23?,24?,25?/m0/s1. The fourth-order valence-corrected chi connectivity index (χ4v) is 193. The second-order valence-electron chi connectivity index (χ2n) is 12.7. The van der Waals surface area contributed by atoms with E-state index in [1.807, 2.05) is 0 Å². The molecule has 0 amide bonds. The van der Waals surface area contributed by atoms with Crippen molar-refractivity contribution in [2.45, 2.75) is 93.1 Å². The Bertz CT molecular complexity index is 754. The first-order valence-corrected chi connectivity index (χ1v) is 30.0. The molecule has 0 N–H and O–H groups in total. The molecule has 0 aliphatic carbocycles. The van der Waals surface area contributed by atoms with Gasteiger partial charge in [0.2, 0.25) is 0 Å². The summed E-state index contributed by atoms with van der Waals surface area (Å²) >= 11 is 6.04. The molecule has 0 spiro atoms. The van der Waals surface area contributed by atoms with Gasteiger partial charge in [-0.25, -0.2) is 0 Å². The maximum absolute atomic E-state index is 4.14. The zero-order chi connectivity index (χ0) is 21.5. The topological polar surface area (TPSA) is 0 Å². The van der Waals surface area contributed by atoms with Crippen molar-refractivity contribution in [1.82, 2.24) is 0 Å². The first-order valence-electron chi connectivity index (χ1n) is 10.2. The van der Waals surface area contributed by atoms with Gasteiger partial charge in [-0.2, -0.15) is 0 Å². The molecule has 4 rings (SSSR count). The van der Waals surface area contributed by atoms with Gasteiger partial charge >= 0.3 is 200 Å². The Morgan fingerprint density at radius 2 is 1.36 bits per heavy atom. The van der Waals surface area contributed by atoms with E-state index >= 15 is 0 Å². The summed E-state index contributed by atoms with van der Waals surface area (Å²) in [6.45, 7) is 31.4. The van der Waals surface area contributed by atoms with Crippen molar-refractivity contribution in [3.8, 4) is 0 Å². The van der Waals surface area contributed by atoms with Crippen molar-refractivity contribution in [3.63, 3.8) is 0 Å². The SMILES string of the molecule is CC(C)(C)C1=C(C(C)(C)C)P2P3[Se]P4[C@@]2(C(C)(C)C)P1[Se][P+]4([Se-])[C@H]3C(C)(C)C. The van der Waals surface area contributed by atoms with Crippen LogP contribution < -0.4 is 0 Å². The van der Waals surface area contributed by atoms with E-state index in [0.717, 1.165) is 38.2 Å². The van der Waals surface area contributed by atoms with Crippen LogP contribution >= 0.6 is 31.2 Å². The summed E-state index contributed by atoms with van der Waals surface area (Å²) in [6, 6.07) is 0. The van der Waals surface area contributed by atoms with E-state index in [-0.39, 0.29) is 26.8 Å². The van der Waals surface area contributed by atoms with Crippen LogP contribution in [0, 0.1) is 21.7 Å². The zero-order valence-electron chi connectivity index (χ0n) is 19.5. The molecule has 0 aromatic rings. The second-order valence-corrected chi connectivity index (χ2v) is 59.8. The van der Waals surface area contributed by atoms with Crippen LogP contribution in [0.25, 0.3) is 0 Å². The molecule has 0 saturated carbocycles. The molecule has 3 saturated heterocycles. The Morgan fingerprint density at radius 3 is 1.75 bits per heavy atom. The molecule has 0 aromatic carbocycles. The van der Waals surface area contributed by atoms with Crippen molar-refractivity contribution in [1.29, 1.82) is 0 Å². The second kappa shape index (κ2) is 6.77. The molecule has 0 aromatic heterocycles. The predicted octanol–water partition coefficient (Wildman–Crippen LogP) is 9.34. The molecule has 3 fully saturated rings. The van der Waals surface area contributed by atoms with Crippen LogP contribution in [-0.2, 0) is 0 Å². The fraction of sp³-hybridized carbons (Fsp3) is 0.900. The van der Waals surface area contributed by atoms with Crippen molar-refractivity contribution >= 4 is 74.9 Å². The van der Waals surface area contributed by atoms with Gasteiger partial charge in [0.1, 0.15) is 0 Å². The number of hydrogen-bond acceptors (Lipinski definition) is 0. The summed E-state index contributed by atoms with van der Waals surface area (Å²) in [4.78, 5) is 0. The van der Waals surface area contributed by atoms with Gasteiger partial charge < -0.3 is 0 Å². The Kier molecular flexibility index (Phi) is 5.94. The molecule has 4 aliphatic rings. The number of rotatable bonds is 0. The predicted molar refractivity (Wildman–Crippen MR) is 143 cm³/mol. The first-order chi connectivity index (χ1) is 12.3. The zero-order valence-corrected chi connectivity index (χ0v) is 29.1. The Balaban J connectivity index is 2.07. The number of allylic oxidation sites excluding steroid dienone is 2. The summed E-state index contributed by atoms with van der Waals surface area (Å²) in [6.07, 6.45) is 0.540. The van der Waals surface area contributed by atoms with Gasteiger partial charge in [-0.05, 0) is 0 Å². The molecule has 0 nitrogen and oxygen atoms in total. The van der Waals surface area contributed by atoms with E-state index in [1.165, 1.54) is 0 Å². The molecule has 8 heteroatoms. The van der Waals surface area contributed by atoms with E-state index in [4.69, 9.17) is 0 Å². The monoisotopic (exact) mass is 672 g/mol. The molecule has 5 unspecified atom stereocenters. The Labute approximate surface area is 198 Å². The van der Waals surface area contributed by atoms with E-state index in [2.05, 4.69) is 109 Å². The van der Waals surface area contributed by atoms with Crippen LogP contribution in [0.15, 0.2) is 10.6 Å². The van der Waals surface area contributed by atoms with E-state index in [9.17, 15) is 0 Å². The van der Waals surface area contributed by atoms with Crippen molar-refractivity contribution < 1.29 is 0 Å². The molecule has 4 heterocycles. The summed E-state index contributed by atoms with van der Waals surface area (Å²) in [5.41, 5.74) is 1.79. The minimum absolute atomic E-state index is 0.0860. The van der Waals surface area contributed by atoms with Gasteiger partial charge in [-0.15, -0.1) is 0 Å². The molecular formula is C20H37P5Se3. The van der Waals surface area contributed by atoms with Crippen LogP contribution in [-0.4, -0.2) is 53.8 Å². The molecule has 28 heavy (non-hydrogen) atoms. The van der Waals surface area contributed by atoms with Gasteiger partial charge in [0.05, 0.1) is 0 Å². The molecule has 0 radical (unpaired) electrons. The molecule has 2 bridgehead atoms. The third-order valence-corrected chi connectivity index (χ3v) is 103. The molecular weight excluding hydrogens is 632 g/mol. The van der Waals surface area contributed by atoms with Crippen LogP contribution in [0.3, 0.4) is 0 Å². The quantitative estimate of drug-likeness (QED) is 0.178. The third-order valence-electron chi connectivity index (χ3n) is 6.01. The van der Waals surface area contributed by atoms with Gasteiger partial charge in [0.25, 0.3) is 0 Å². The average molecular weight is 669 g/mol. The van der Waals surface area contributed by atoms with Gasteiger partial charge in [0, 0.05) is 0 Å². The Morgan fingerprint density at radius 1 is 0.857 bits per heavy atom. The van der Waals surface area contributed by atoms with Gasteiger partial charge in [-0.1, -0.05) is 0 Å². The molecule has 4 aliphatic heterocycles. The van der Waals surface area contributed by atoms with Crippen LogP contribution in [0.2, 0.25) is 0 Å². The normalized spacial score (nSPS) is 45.5. The first kappa shape index (κ1) is 24.6. The van der Waals surface area contributed by atoms with Crippen LogP contribution in [0.5, 0.6) is 0 Å². The van der Waals surface area contributed by atoms with Crippen molar-refractivity contribution in [2.24, 2.45) is 21.7 Å².